The summed E-state index contributed by atoms with van der Waals surface area (Å²) in [5, 5.41) is 12.1. The second kappa shape index (κ2) is 5.26. The normalized spacial score (nSPS) is 32.5. The summed E-state index contributed by atoms with van der Waals surface area (Å²) < 4.78 is 0. The molecule has 2 saturated heterocycles. The van der Waals surface area contributed by atoms with Crippen molar-refractivity contribution in [1.82, 2.24) is 10.2 Å². The summed E-state index contributed by atoms with van der Waals surface area (Å²) >= 11 is 0. The van der Waals surface area contributed by atoms with E-state index in [9.17, 15) is 9.59 Å². The van der Waals surface area contributed by atoms with Gasteiger partial charge in [0.25, 0.3) is 0 Å². The minimum Gasteiger partial charge on any atom is -0.481 e. The molecule has 18 heavy (non-hydrogen) atoms. The van der Waals surface area contributed by atoms with Crippen LogP contribution in [-0.4, -0.2) is 47.1 Å². The molecule has 2 aliphatic rings. The number of carbonyl (C=O) groups is 2. The molecule has 5 nitrogen and oxygen atoms in total. The monoisotopic (exact) mass is 254 g/mol. The van der Waals surface area contributed by atoms with E-state index in [1.807, 2.05) is 11.8 Å². The van der Waals surface area contributed by atoms with Crippen LogP contribution in [0.2, 0.25) is 0 Å². The highest BCUT2D eigenvalue weighted by molar-refractivity contribution is 5.86. The van der Waals surface area contributed by atoms with E-state index in [1.54, 1.807) is 0 Å². The first-order valence-electron chi connectivity index (χ1n) is 6.77. The number of aliphatic carboxylic acids is 1. The van der Waals surface area contributed by atoms with E-state index >= 15 is 0 Å². The molecule has 2 N–H and O–H groups in total. The van der Waals surface area contributed by atoms with Gasteiger partial charge in [0.1, 0.15) is 0 Å². The average Bonchev–Trinajstić information content (AvgIpc) is 2.76. The Bertz CT molecular complexity index is 337. The molecule has 0 aromatic rings. The number of nitrogens with zero attached hydrogens (tertiary/aromatic N) is 1. The third-order valence-electron chi connectivity index (χ3n) is 4.11. The second-order valence-electron chi connectivity index (χ2n) is 5.72. The van der Waals surface area contributed by atoms with Crippen molar-refractivity contribution in [2.24, 2.45) is 5.92 Å². The van der Waals surface area contributed by atoms with Gasteiger partial charge in [-0.05, 0) is 45.1 Å². The van der Waals surface area contributed by atoms with Crippen molar-refractivity contribution >= 4 is 11.9 Å². The minimum atomic E-state index is -0.764. The molecule has 0 aromatic heterocycles. The first-order chi connectivity index (χ1) is 8.51. The largest absolute Gasteiger partial charge is 0.481 e. The fourth-order valence-corrected chi connectivity index (χ4v) is 3.09. The molecule has 0 saturated carbocycles. The number of hydrogen-bond donors (Lipinski definition) is 2. The molecular weight excluding hydrogens is 232 g/mol. The van der Waals surface area contributed by atoms with E-state index in [0.29, 0.717) is 6.54 Å². The third-order valence-corrected chi connectivity index (χ3v) is 4.11. The molecule has 2 aliphatic heterocycles. The number of amides is 1. The van der Waals surface area contributed by atoms with Gasteiger partial charge in [0.15, 0.2) is 0 Å². The molecule has 0 spiro atoms. The van der Waals surface area contributed by atoms with Gasteiger partial charge in [-0.3, -0.25) is 9.59 Å². The summed E-state index contributed by atoms with van der Waals surface area (Å²) in [5.74, 6) is -0.500. The van der Waals surface area contributed by atoms with Crippen molar-refractivity contribution in [2.45, 2.75) is 44.6 Å². The summed E-state index contributed by atoms with van der Waals surface area (Å²) in [6, 6.07) is 0. The SMILES string of the molecule is CC1(C(=O)N2CCCC(CC(=O)O)C2)CCCN1. The van der Waals surface area contributed by atoms with Gasteiger partial charge in [-0.1, -0.05) is 0 Å². The lowest BCUT2D eigenvalue weighted by molar-refractivity contribution is -0.143. The zero-order valence-corrected chi connectivity index (χ0v) is 10.9. The fraction of sp³-hybridized carbons (Fsp3) is 0.846. The van der Waals surface area contributed by atoms with Crippen molar-refractivity contribution in [3.05, 3.63) is 0 Å². The first-order valence-corrected chi connectivity index (χ1v) is 6.77. The Morgan fingerprint density at radius 1 is 1.44 bits per heavy atom. The highest BCUT2D eigenvalue weighted by Crippen LogP contribution is 2.26. The zero-order chi connectivity index (χ0) is 13.2. The molecule has 0 aliphatic carbocycles. The van der Waals surface area contributed by atoms with Crippen LogP contribution in [-0.2, 0) is 9.59 Å². The number of carboxylic acids is 1. The Kier molecular flexibility index (Phi) is 3.90. The molecule has 2 atom stereocenters. The Morgan fingerprint density at radius 2 is 2.22 bits per heavy atom. The van der Waals surface area contributed by atoms with Gasteiger partial charge in [-0.25, -0.2) is 0 Å². The van der Waals surface area contributed by atoms with Crippen LogP contribution in [0.3, 0.4) is 0 Å². The topological polar surface area (TPSA) is 69.6 Å². The van der Waals surface area contributed by atoms with E-state index in [0.717, 1.165) is 38.8 Å². The fourth-order valence-electron chi connectivity index (χ4n) is 3.09. The molecule has 2 unspecified atom stereocenters. The smallest absolute Gasteiger partial charge is 0.303 e. The van der Waals surface area contributed by atoms with Crippen LogP contribution in [0.15, 0.2) is 0 Å². The molecule has 2 heterocycles. The predicted molar refractivity (Wildman–Crippen MR) is 67.2 cm³/mol. The van der Waals surface area contributed by atoms with E-state index in [4.69, 9.17) is 5.11 Å². The molecule has 2 fully saturated rings. The van der Waals surface area contributed by atoms with Crippen LogP contribution in [0.5, 0.6) is 0 Å². The maximum absolute atomic E-state index is 12.5. The van der Waals surface area contributed by atoms with Crippen LogP contribution in [0.1, 0.15) is 39.0 Å². The maximum atomic E-state index is 12.5. The van der Waals surface area contributed by atoms with Crippen molar-refractivity contribution in [3.8, 4) is 0 Å². The summed E-state index contributed by atoms with van der Waals surface area (Å²) in [7, 11) is 0. The Labute approximate surface area is 108 Å². The highest BCUT2D eigenvalue weighted by Gasteiger charge is 2.40. The van der Waals surface area contributed by atoms with Gasteiger partial charge in [0, 0.05) is 19.5 Å². The average molecular weight is 254 g/mol. The number of hydrogen-bond acceptors (Lipinski definition) is 3. The predicted octanol–water partition coefficient (Wildman–Crippen LogP) is 0.842. The molecule has 1 amide bonds. The first kappa shape index (κ1) is 13.3. The van der Waals surface area contributed by atoms with Gasteiger partial charge >= 0.3 is 5.97 Å². The van der Waals surface area contributed by atoms with Gasteiger partial charge < -0.3 is 15.3 Å². The second-order valence-corrected chi connectivity index (χ2v) is 5.72. The highest BCUT2D eigenvalue weighted by atomic mass is 16.4. The Morgan fingerprint density at radius 3 is 2.83 bits per heavy atom. The molecular formula is C13H22N2O3. The van der Waals surface area contributed by atoms with Crippen LogP contribution in [0.4, 0.5) is 0 Å². The lowest BCUT2D eigenvalue weighted by atomic mass is 9.91. The standard InChI is InChI=1S/C13H22N2O3/c1-13(5-3-6-14-13)12(18)15-7-2-4-10(9-15)8-11(16)17/h10,14H,2-9H2,1H3,(H,16,17). The third kappa shape index (κ3) is 2.83. The quantitative estimate of drug-likeness (QED) is 0.783. The zero-order valence-electron chi connectivity index (χ0n) is 10.9. The lowest BCUT2D eigenvalue weighted by Crippen LogP contribution is -2.55. The van der Waals surface area contributed by atoms with Crippen molar-refractivity contribution in [1.29, 1.82) is 0 Å². The molecule has 2 rings (SSSR count). The lowest BCUT2D eigenvalue weighted by Gasteiger charge is -2.37. The number of likely N-dealkylation sites (tertiary alicyclic amines) is 1. The maximum Gasteiger partial charge on any atom is 0.303 e. The van der Waals surface area contributed by atoms with Crippen LogP contribution < -0.4 is 5.32 Å². The van der Waals surface area contributed by atoms with Crippen molar-refractivity contribution in [2.75, 3.05) is 19.6 Å². The van der Waals surface area contributed by atoms with Gasteiger partial charge in [-0.15, -0.1) is 0 Å². The number of piperidine rings is 1. The van der Waals surface area contributed by atoms with E-state index in [-0.39, 0.29) is 18.2 Å². The van der Waals surface area contributed by atoms with Crippen LogP contribution in [0.25, 0.3) is 0 Å². The van der Waals surface area contributed by atoms with Crippen LogP contribution >= 0.6 is 0 Å². The minimum absolute atomic E-state index is 0.116. The van der Waals surface area contributed by atoms with Gasteiger partial charge in [0.2, 0.25) is 5.91 Å². The van der Waals surface area contributed by atoms with Crippen LogP contribution in [0, 0.1) is 5.92 Å². The summed E-state index contributed by atoms with van der Waals surface area (Å²) in [4.78, 5) is 25.1. The number of nitrogens with one attached hydrogen (secondary N) is 1. The van der Waals surface area contributed by atoms with Gasteiger partial charge in [0.05, 0.1) is 5.54 Å². The molecule has 0 aromatic carbocycles. The number of carboxylic acid groups (broad SMARTS) is 1. The Hall–Kier alpha value is -1.10. The molecule has 5 heteroatoms. The number of rotatable bonds is 3. The number of carbonyl (C=O) groups excluding carboxylic acids is 1. The van der Waals surface area contributed by atoms with Gasteiger partial charge in [-0.2, -0.15) is 0 Å². The Balaban J connectivity index is 1.95. The molecule has 0 bridgehead atoms. The summed E-state index contributed by atoms with van der Waals surface area (Å²) in [6.07, 6.45) is 3.93. The van der Waals surface area contributed by atoms with Crippen molar-refractivity contribution in [3.63, 3.8) is 0 Å². The summed E-state index contributed by atoms with van der Waals surface area (Å²) in [6.45, 7) is 4.23. The van der Waals surface area contributed by atoms with E-state index in [1.165, 1.54) is 0 Å². The van der Waals surface area contributed by atoms with Crippen molar-refractivity contribution < 1.29 is 14.7 Å². The van der Waals surface area contributed by atoms with E-state index < -0.39 is 11.5 Å². The molecule has 0 radical (unpaired) electrons. The summed E-state index contributed by atoms with van der Waals surface area (Å²) in [5.41, 5.74) is -0.425. The van der Waals surface area contributed by atoms with E-state index in [2.05, 4.69) is 5.32 Å². The molecule has 102 valence electrons.